The zero-order chi connectivity index (χ0) is 63.1. The van der Waals surface area contributed by atoms with E-state index in [9.17, 15) is 30.7 Å². The van der Waals surface area contributed by atoms with Gasteiger partial charge in [0, 0.05) is 88.8 Å². The van der Waals surface area contributed by atoms with Crippen molar-refractivity contribution in [3.05, 3.63) is 71.5 Å². The van der Waals surface area contributed by atoms with Gasteiger partial charge in [0.15, 0.2) is 12.3 Å². The fourth-order valence-corrected chi connectivity index (χ4v) is 10.7. The fourth-order valence-electron chi connectivity index (χ4n) is 9.71. The lowest BCUT2D eigenvalue weighted by Gasteiger charge is -2.30. The molecule has 0 saturated carbocycles. The third kappa shape index (κ3) is 27.6. The van der Waals surface area contributed by atoms with Crippen LogP contribution in [-0.2, 0) is 107 Å². The molecule has 0 aliphatic carbocycles. The Morgan fingerprint density at radius 3 is 1.37 bits per heavy atom. The van der Waals surface area contributed by atoms with Gasteiger partial charge in [-0.2, -0.15) is 21.4 Å². The molecule has 2 unspecified atom stereocenters. The van der Waals surface area contributed by atoms with Gasteiger partial charge in [0.1, 0.15) is 6.61 Å². The number of benzene rings is 2. The van der Waals surface area contributed by atoms with Gasteiger partial charge in [0.2, 0.25) is 5.69 Å². The molecule has 2 aliphatic rings. The molecule has 25 nitrogen and oxygen atoms in total. The summed E-state index contributed by atoms with van der Waals surface area (Å²) in [4.78, 5) is 12.3. The van der Waals surface area contributed by atoms with Crippen molar-refractivity contribution in [1.29, 1.82) is 0 Å². The molecule has 0 spiro atoms. The van der Waals surface area contributed by atoms with E-state index in [0.717, 1.165) is 36.4 Å². The van der Waals surface area contributed by atoms with Crippen LogP contribution in [0.2, 0.25) is 0 Å². The van der Waals surface area contributed by atoms with Crippen LogP contribution in [0.5, 0.6) is 0 Å². The van der Waals surface area contributed by atoms with E-state index in [1.807, 2.05) is 32.1 Å². The Hall–Kier alpha value is -3.92. The number of methoxy groups -OCH3 is 3. The van der Waals surface area contributed by atoms with Gasteiger partial charge in [-0.25, -0.2) is 0 Å². The molecule has 0 aromatic heterocycles. The fraction of sp³-hybridized carbons (Fsp3) is 0.700. The van der Waals surface area contributed by atoms with Crippen LogP contribution in [0.1, 0.15) is 63.5 Å². The molecule has 2 heterocycles. The number of aliphatic carboxylic acids is 1. The third-order valence-corrected chi connectivity index (χ3v) is 16.1. The molecule has 0 radical (unpaired) electrons. The summed E-state index contributed by atoms with van der Waals surface area (Å²) < 4.78 is 158. The minimum Gasteiger partial charge on any atom is -0.481 e. The van der Waals surface area contributed by atoms with Crippen LogP contribution < -0.4 is 4.90 Å². The first-order valence-electron chi connectivity index (χ1n) is 29.7. The normalized spacial score (nSPS) is 17.4. The summed E-state index contributed by atoms with van der Waals surface area (Å²) in [6.45, 7) is 14.7. The molecule has 2 aliphatic heterocycles. The number of ether oxygens (including phenoxy) is 15. The maximum Gasteiger partial charge on any atom is 0.305 e. The van der Waals surface area contributed by atoms with Gasteiger partial charge in [-0.1, -0.05) is 6.08 Å². The van der Waals surface area contributed by atoms with Crippen LogP contribution in [0.15, 0.2) is 70.1 Å². The second-order valence-electron chi connectivity index (χ2n) is 20.6. The summed E-state index contributed by atoms with van der Waals surface area (Å²) in [5, 5.41) is 8.78. The van der Waals surface area contributed by atoms with E-state index in [2.05, 4.69) is 9.48 Å². The van der Waals surface area contributed by atoms with E-state index >= 15 is 0 Å². The maximum atomic E-state index is 12.8. The Labute approximate surface area is 514 Å². The van der Waals surface area contributed by atoms with Crippen molar-refractivity contribution < 1.29 is 111 Å². The molecule has 0 fully saturated rings. The topological polar surface area (TPSA) is 291 Å². The zero-order valence-electron chi connectivity index (χ0n) is 51.7. The van der Waals surface area contributed by atoms with Gasteiger partial charge in [0.25, 0.3) is 20.2 Å². The number of allylic oxidation sites excluding steroid dienone is 4. The third-order valence-electron chi connectivity index (χ3n) is 14.4. The van der Waals surface area contributed by atoms with Crippen molar-refractivity contribution in [1.82, 2.24) is 0 Å². The minimum absolute atomic E-state index is 0.0567. The Morgan fingerprint density at radius 1 is 0.494 bits per heavy atom. The Balaban J connectivity index is 1.68. The van der Waals surface area contributed by atoms with Crippen LogP contribution in [-0.4, -0.2) is 260 Å². The summed E-state index contributed by atoms with van der Waals surface area (Å²) in [5.41, 5.74) is 2.51. The Morgan fingerprint density at radius 2 is 0.897 bits per heavy atom. The minimum atomic E-state index is -4.62. The summed E-state index contributed by atoms with van der Waals surface area (Å²) >= 11 is 0. The molecule has 0 amide bonds. The van der Waals surface area contributed by atoms with Crippen LogP contribution in [0.4, 0.5) is 11.4 Å². The van der Waals surface area contributed by atoms with Gasteiger partial charge in [0.05, 0.1) is 167 Å². The highest BCUT2D eigenvalue weighted by atomic mass is 32.2. The van der Waals surface area contributed by atoms with Crippen molar-refractivity contribution in [3.8, 4) is 0 Å². The van der Waals surface area contributed by atoms with Crippen LogP contribution in [0.25, 0.3) is 0 Å². The summed E-state index contributed by atoms with van der Waals surface area (Å²) in [7, 11) is -4.41. The molecular formula is C60H97N2O23S2+. The van der Waals surface area contributed by atoms with Crippen molar-refractivity contribution in [2.45, 2.75) is 73.0 Å². The van der Waals surface area contributed by atoms with Crippen LogP contribution in [0, 0.1) is 0 Å². The second kappa shape index (κ2) is 43.0. The highest BCUT2D eigenvalue weighted by Crippen LogP contribution is 2.51. The highest BCUT2D eigenvalue weighted by molar-refractivity contribution is 7.86. The first kappa shape index (κ1) is 75.5. The second-order valence-corrected chi connectivity index (χ2v) is 23.4. The van der Waals surface area contributed by atoms with Crippen LogP contribution in [0.3, 0.4) is 0 Å². The van der Waals surface area contributed by atoms with Crippen molar-refractivity contribution in [3.63, 3.8) is 0 Å². The van der Waals surface area contributed by atoms with E-state index in [0.29, 0.717) is 181 Å². The SMILES string of the molecule is COCCOCCOCCOCC[N+]1=C(C=CC=C2N(CCOCCCCCOCCOCCC(=O)O)c3ccc(S(=O)(=O)O)cc3C2(C)CCOCCOCCOCCOC)C(C)(CCOCCOCCOCCOC)c2cc(S(=O)(=O)O)ccc21. The molecule has 87 heavy (non-hydrogen) atoms. The van der Waals surface area contributed by atoms with Gasteiger partial charge in [-0.3, -0.25) is 13.9 Å². The number of carboxylic acid groups (broad SMARTS) is 1. The molecule has 496 valence electrons. The lowest BCUT2D eigenvalue weighted by Crippen LogP contribution is -2.34. The maximum absolute atomic E-state index is 12.8. The molecule has 2 aromatic carbocycles. The van der Waals surface area contributed by atoms with E-state index in [4.69, 9.17) is 76.2 Å². The predicted molar refractivity (Wildman–Crippen MR) is 322 cm³/mol. The zero-order valence-corrected chi connectivity index (χ0v) is 53.3. The molecule has 4 rings (SSSR count). The number of hydrogen-bond donors (Lipinski definition) is 3. The standard InChI is InChI=1S/C60H96N2O23S2/c1-59(17-24-77-36-39-83-45-42-80-31-28-71-3)52-48-50(86(65,66)67)12-14-54(52)61(19-26-74-21-7-6-8-22-75-34-35-76-23-16-58(63)64)56(59)10-9-11-57-60(2,18-25-78-37-40-84-46-43-81-32-29-72-4)53-49-51(87(68,69)70)13-15-55(53)62(57)20-27-79-38-41-85-47-44-82-33-30-73-5/h9-15,48-49H,6-8,16-47H2,1-5H3,(H2-,63,64,65,66,67,68,69,70)/p+1. The number of unbranched alkanes of at least 4 members (excludes halogenated alkanes) is 2. The highest BCUT2D eigenvalue weighted by Gasteiger charge is 2.49. The molecule has 27 heteroatoms. The van der Waals surface area contributed by atoms with E-state index in [-0.39, 0.29) is 55.9 Å². The molecular weight excluding hydrogens is 1180 g/mol. The van der Waals surface area contributed by atoms with Crippen molar-refractivity contribution in [2.75, 3.05) is 218 Å². The number of carbonyl (C=O) groups is 1. The van der Waals surface area contributed by atoms with Crippen molar-refractivity contribution in [2.24, 2.45) is 0 Å². The first-order chi connectivity index (χ1) is 42.0. The summed E-state index contributed by atoms with van der Waals surface area (Å²) in [6, 6.07) is 9.16. The summed E-state index contributed by atoms with van der Waals surface area (Å²) in [5.74, 6) is -0.913. The van der Waals surface area contributed by atoms with Gasteiger partial charge >= 0.3 is 5.97 Å². The number of fused-ring (bicyclic) bond motifs is 2. The van der Waals surface area contributed by atoms with Gasteiger partial charge < -0.3 is 81.1 Å². The predicted octanol–water partition coefficient (Wildman–Crippen LogP) is 5.32. The lowest BCUT2D eigenvalue weighted by molar-refractivity contribution is -0.442. The first-order valence-corrected chi connectivity index (χ1v) is 32.6. The Bertz CT molecular complexity index is 2590. The van der Waals surface area contributed by atoms with Gasteiger partial charge in [-0.05, 0) is 87.9 Å². The number of nitrogens with zero attached hydrogens (tertiary/aromatic N) is 2. The number of hydrogen-bond acceptors (Lipinski definition) is 21. The molecule has 3 N–H and O–H groups in total. The number of rotatable bonds is 55. The molecule has 0 bridgehead atoms. The molecule has 2 atom stereocenters. The Kier molecular flexibility index (Phi) is 37.3. The van der Waals surface area contributed by atoms with Gasteiger partial charge in [-0.15, -0.1) is 0 Å². The van der Waals surface area contributed by atoms with E-state index in [1.165, 1.54) is 24.3 Å². The molecule has 2 aromatic rings. The van der Waals surface area contributed by atoms with E-state index < -0.39 is 37.0 Å². The largest absolute Gasteiger partial charge is 0.481 e. The number of anilines is 1. The average Bonchev–Trinajstić information content (AvgIpc) is 1.61. The quantitative estimate of drug-likeness (QED) is 0.0429. The summed E-state index contributed by atoms with van der Waals surface area (Å²) in [6.07, 6.45) is 9.01. The lowest BCUT2D eigenvalue weighted by atomic mass is 9.76. The molecule has 0 saturated heterocycles. The number of carboxylic acids is 1. The monoisotopic (exact) mass is 1280 g/mol. The van der Waals surface area contributed by atoms with Crippen molar-refractivity contribution >= 4 is 43.3 Å². The van der Waals surface area contributed by atoms with E-state index in [1.54, 1.807) is 33.5 Å². The van der Waals surface area contributed by atoms with Crippen LogP contribution >= 0.6 is 0 Å². The smallest absolute Gasteiger partial charge is 0.305 e. The average molecular weight is 1280 g/mol.